The van der Waals surface area contributed by atoms with Crippen molar-refractivity contribution in [1.82, 2.24) is 5.32 Å². The molecule has 1 aromatic heterocycles. The van der Waals surface area contributed by atoms with E-state index in [-0.39, 0.29) is 5.91 Å². The fourth-order valence-electron chi connectivity index (χ4n) is 1.09. The van der Waals surface area contributed by atoms with Crippen LogP contribution in [0.5, 0.6) is 0 Å². The van der Waals surface area contributed by atoms with Crippen LogP contribution in [0.1, 0.15) is 4.88 Å². The first-order valence-electron chi connectivity index (χ1n) is 3.70. The molecule has 0 aromatic carbocycles. The Bertz CT molecular complexity index is 316. The van der Waals surface area contributed by atoms with E-state index in [2.05, 4.69) is 10.3 Å². The maximum absolute atomic E-state index is 10.8. The molecule has 0 saturated carbocycles. The number of thiophene rings is 1. The number of aliphatic imine (C=N–C) groups is 1. The summed E-state index contributed by atoms with van der Waals surface area (Å²) in [5.74, 6) is 0.795. The minimum Gasteiger partial charge on any atom is -0.313 e. The molecule has 2 heterocycles. The zero-order valence-electron chi connectivity index (χ0n) is 6.41. The van der Waals surface area contributed by atoms with Gasteiger partial charge in [0, 0.05) is 11.3 Å². The number of nitrogens with one attached hydrogen (secondary N) is 1. The van der Waals surface area contributed by atoms with Crippen LogP contribution in [0.3, 0.4) is 0 Å². The number of hydrogen-bond donors (Lipinski definition) is 1. The van der Waals surface area contributed by atoms with E-state index < -0.39 is 0 Å². The van der Waals surface area contributed by atoms with E-state index in [1.54, 1.807) is 11.3 Å². The molecular formula is C8H8N2OS. The molecule has 3 nitrogen and oxygen atoms in total. The number of rotatable bonds is 2. The van der Waals surface area contributed by atoms with Gasteiger partial charge in [-0.1, -0.05) is 6.07 Å². The highest BCUT2D eigenvalue weighted by Gasteiger charge is 2.13. The van der Waals surface area contributed by atoms with Crippen LogP contribution in [0.2, 0.25) is 0 Å². The normalized spacial score (nSPS) is 16.0. The van der Waals surface area contributed by atoms with Crippen molar-refractivity contribution in [3.05, 3.63) is 22.4 Å². The van der Waals surface area contributed by atoms with Crippen LogP contribution in [0.15, 0.2) is 22.5 Å². The molecule has 0 radical (unpaired) electrons. The molecule has 1 aliphatic heterocycles. The van der Waals surface area contributed by atoms with Crippen LogP contribution in [0.25, 0.3) is 0 Å². The molecule has 12 heavy (non-hydrogen) atoms. The highest BCUT2D eigenvalue weighted by atomic mass is 32.1. The quantitative estimate of drug-likeness (QED) is 0.719. The molecule has 0 fully saturated rings. The van der Waals surface area contributed by atoms with Crippen molar-refractivity contribution >= 4 is 23.1 Å². The van der Waals surface area contributed by atoms with Gasteiger partial charge >= 0.3 is 0 Å². The molecule has 62 valence electrons. The van der Waals surface area contributed by atoms with Gasteiger partial charge in [-0.2, -0.15) is 0 Å². The monoisotopic (exact) mass is 180 g/mol. The molecule has 2 rings (SSSR count). The Morgan fingerprint density at radius 2 is 2.58 bits per heavy atom. The topological polar surface area (TPSA) is 41.5 Å². The third-order valence-electron chi connectivity index (χ3n) is 1.62. The van der Waals surface area contributed by atoms with Crippen molar-refractivity contribution in [1.29, 1.82) is 0 Å². The van der Waals surface area contributed by atoms with E-state index in [0.717, 1.165) is 12.3 Å². The standard InChI is InChI=1S/C8H8N2OS/c11-8-5-9-7(10-8)4-6-2-1-3-12-6/h1-3H,4-5H2,(H,9,10,11). The molecule has 0 unspecified atom stereocenters. The maximum atomic E-state index is 10.8. The Morgan fingerprint density at radius 1 is 1.67 bits per heavy atom. The minimum absolute atomic E-state index is 0.00144. The van der Waals surface area contributed by atoms with Crippen molar-refractivity contribution in [3.8, 4) is 0 Å². The predicted octanol–water partition coefficient (Wildman–Crippen LogP) is 0.819. The van der Waals surface area contributed by atoms with E-state index in [1.165, 1.54) is 4.88 Å². The number of amides is 1. The average Bonchev–Trinajstić information content (AvgIpc) is 2.63. The summed E-state index contributed by atoms with van der Waals surface area (Å²) in [6.07, 6.45) is 0.753. The average molecular weight is 180 g/mol. The minimum atomic E-state index is 0.00144. The van der Waals surface area contributed by atoms with Gasteiger partial charge in [0.25, 0.3) is 0 Å². The summed E-state index contributed by atoms with van der Waals surface area (Å²) < 4.78 is 0. The predicted molar refractivity (Wildman–Crippen MR) is 48.5 cm³/mol. The van der Waals surface area contributed by atoms with E-state index in [9.17, 15) is 4.79 Å². The second-order valence-corrected chi connectivity index (χ2v) is 3.60. The molecule has 0 bridgehead atoms. The van der Waals surface area contributed by atoms with E-state index >= 15 is 0 Å². The second kappa shape index (κ2) is 3.06. The summed E-state index contributed by atoms with van der Waals surface area (Å²) in [6.45, 7) is 0.292. The van der Waals surface area contributed by atoms with Crippen LogP contribution >= 0.6 is 11.3 Å². The summed E-state index contributed by atoms with van der Waals surface area (Å²) in [4.78, 5) is 16.0. The third-order valence-corrected chi connectivity index (χ3v) is 2.50. The van der Waals surface area contributed by atoms with Gasteiger partial charge in [0.15, 0.2) is 0 Å². The Hall–Kier alpha value is -1.16. The Labute approximate surface area is 74.1 Å². The summed E-state index contributed by atoms with van der Waals surface area (Å²) in [5, 5.41) is 4.73. The van der Waals surface area contributed by atoms with Gasteiger partial charge in [-0.3, -0.25) is 9.79 Å². The van der Waals surface area contributed by atoms with Crippen LogP contribution in [0.4, 0.5) is 0 Å². The van der Waals surface area contributed by atoms with E-state index in [1.807, 2.05) is 17.5 Å². The third kappa shape index (κ3) is 1.53. The van der Waals surface area contributed by atoms with Gasteiger partial charge in [-0.05, 0) is 11.4 Å². The van der Waals surface area contributed by atoms with Gasteiger partial charge in [0.1, 0.15) is 12.4 Å². The number of hydrogen-bond acceptors (Lipinski definition) is 3. The van der Waals surface area contributed by atoms with Crippen molar-refractivity contribution in [2.24, 2.45) is 4.99 Å². The van der Waals surface area contributed by atoms with Gasteiger partial charge in [0.05, 0.1) is 0 Å². The molecule has 1 aliphatic rings. The maximum Gasteiger partial charge on any atom is 0.247 e. The van der Waals surface area contributed by atoms with Gasteiger partial charge < -0.3 is 5.32 Å². The van der Waals surface area contributed by atoms with Crippen molar-refractivity contribution < 1.29 is 4.79 Å². The Kier molecular flexibility index (Phi) is 1.91. The smallest absolute Gasteiger partial charge is 0.247 e. The molecule has 0 saturated heterocycles. The lowest BCUT2D eigenvalue weighted by Crippen LogP contribution is -2.25. The van der Waals surface area contributed by atoms with Crippen LogP contribution in [0, 0.1) is 0 Å². The van der Waals surface area contributed by atoms with Gasteiger partial charge in [0.2, 0.25) is 5.91 Å². The molecule has 1 N–H and O–H groups in total. The zero-order valence-corrected chi connectivity index (χ0v) is 7.23. The number of carbonyl (C=O) groups is 1. The number of carbonyl (C=O) groups excluding carboxylic acids is 1. The summed E-state index contributed by atoms with van der Waals surface area (Å²) in [7, 11) is 0. The van der Waals surface area contributed by atoms with Crippen LogP contribution < -0.4 is 5.32 Å². The molecule has 0 aliphatic carbocycles. The van der Waals surface area contributed by atoms with Gasteiger partial charge in [-0.25, -0.2) is 0 Å². The Morgan fingerprint density at radius 3 is 3.17 bits per heavy atom. The lowest BCUT2D eigenvalue weighted by atomic mass is 10.3. The van der Waals surface area contributed by atoms with Crippen molar-refractivity contribution in [2.75, 3.05) is 6.54 Å². The number of nitrogens with zero attached hydrogens (tertiary/aromatic N) is 1. The van der Waals surface area contributed by atoms with E-state index in [0.29, 0.717) is 6.54 Å². The highest BCUT2D eigenvalue weighted by molar-refractivity contribution is 7.10. The van der Waals surface area contributed by atoms with Crippen LogP contribution in [-0.2, 0) is 11.2 Å². The lowest BCUT2D eigenvalue weighted by molar-refractivity contribution is -0.117. The molecule has 1 aromatic rings. The fourth-order valence-corrected chi connectivity index (χ4v) is 1.79. The summed E-state index contributed by atoms with van der Waals surface area (Å²) >= 11 is 1.68. The largest absolute Gasteiger partial charge is 0.313 e. The van der Waals surface area contributed by atoms with E-state index in [4.69, 9.17) is 0 Å². The summed E-state index contributed by atoms with van der Waals surface area (Å²) in [6, 6.07) is 4.04. The molecule has 1 amide bonds. The van der Waals surface area contributed by atoms with Crippen LogP contribution in [-0.4, -0.2) is 18.3 Å². The fraction of sp³-hybridized carbons (Fsp3) is 0.250. The zero-order chi connectivity index (χ0) is 8.39. The second-order valence-electron chi connectivity index (χ2n) is 2.57. The highest BCUT2D eigenvalue weighted by Crippen LogP contribution is 2.10. The summed E-state index contributed by atoms with van der Waals surface area (Å²) in [5.41, 5.74) is 0. The molecule has 0 atom stereocenters. The number of amidine groups is 1. The first kappa shape index (κ1) is 7.49. The molecule has 0 spiro atoms. The molecular weight excluding hydrogens is 172 g/mol. The van der Waals surface area contributed by atoms with Crippen molar-refractivity contribution in [3.63, 3.8) is 0 Å². The van der Waals surface area contributed by atoms with Crippen molar-refractivity contribution in [2.45, 2.75) is 6.42 Å². The Balaban J connectivity index is 2.01. The molecule has 4 heteroatoms. The first-order valence-corrected chi connectivity index (χ1v) is 4.58. The lowest BCUT2D eigenvalue weighted by Gasteiger charge is -1.96. The first-order chi connectivity index (χ1) is 5.84. The SMILES string of the molecule is O=C1CN=C(Cc2cccs2)N1. The van der Waals surface area contributed by atoms with Gasteiger partial charge in [-0.15, -0.1) is 11.3 Å².